The van der Waals surface area contributed by atoms with Crippen LogP contribution in [0.15, 0.2) is 0 Å². The summed E-state index contributed by atoms with van der Waals surface area (Å²) in [6.45, 7) is 12.6. The molecule has 0 bridgehead atoms. The third-order valence-electron chi connectivity index (χ3n) is 5.36. The molecule has 4 unspecified atom stereocenters. The molecule has 0 aliphatic carbocycles. The van der Waals surface area contributed by atoms with Crippen LogP contribution in [0, 0.1) is 0 Å². The van der Waals surface area contributed by atoms with Gasteiger partial charge in [-0.25, -0.2) is 0 Å². The summed E-state index contributed by atoms with van der Waals surface area (Å²) >= 11 is 0. The third kappa shape index (κ3) is 3.98. The summed E-state index contributed by atoms with van der Waals surface area (Å²) in [7, 11) is 0. The van der Waals surface area contributed by atoms with E-state index in [0.717, 1.165) is 38.8 Å². The molecule has 2 aliphatic rings. The van der Waals surface area contributed by atoms with Crippen molar-refractivity contribution in [1.29, 1.82) is 0 Å². The third-order valence-corrected chi connectivity index (χ3v) is 5.36. The average Bonchev–Trinajstić information content (AvgIpc) is 2.37. The van der Waals surface area contributed by atoms with Crippen molar-refractivity contribution in [2.75, 3.05) is 13.1 Å². The van der Waals surface area contributed by atoms with Crippen LogP contribution in [0.4, 0.5) is 0 Å². The summed E-state index contributed by atoms with van der Waals surface area (Å²) in [5, 5.41) is 20.6. The van der Waals surface area contributed by atoms with E-state index in [9.17, 15) is 10.2 Å². The minimum absolute atomic E-state index is 0.165. The Hall–Kier alpha value is -0.160. The fraction of sp³-hybridized carbons (Fsp3) is 1.00. The molecule has 124 valence electrons. The molecule has 0 saturated carbocycles. The van der Waals surface area contributed by atoms with Crippen molar-refractivity contribution in [1.82, 2.24) is 9.80 Å². The standard InChI is InChI=1S/C17H34N2O2/c1-12(2)18-9-7-14(20)10-16(18)15-6-8-17(5,21)11-19(15)13(3)4/h12-16,20-21H,6-11H2,1-5H3. The van der Waals surface area contributed by atoms with E-state index in [-0.39, 0.29) is 6.10 Å². The number of likely N-dealkylation sites (tertiary alicyclic amines) is 2. The summed E-state index contributed by atoms with van der Waals surface area (Å²) in [6, 6.07) is 1.80. The molecule has 2 N–H and O–H groups in total. The predicted octanol–water partition coefficient (Wildman–Crippen LogP) is 1.84. The number of piperidine rings is 2. The van der Waals surface area contributed by atoms with E-state index in [0.29, 0.717) is 24.2 Å². The summed E-state index contributed by atoms with van der Waals surface area (Å²) in [5.41, 5.74) is -0.573. The molecule has 0 aromatic heterocycles. The molecule has 0 spiro atoms. The Morgan fingerprint density at radius 2 is 1.62 bits per heavy atom. The minimum atomic E-state index is -0.573. The first kappa shape index (κ1) is 17.2. The molecule has 0 aromatic carbocycles. The molecule has 0 amide bonds. The van der Waals surface area contributed by atoms with E-state index in [1.54, 1.807) is 0 Å². The van der Waals surface area contributed by atoms with Crippen LogP contribution in [0.25, 0.3) is 0 Å². The number of hydrogen-bond donors (Lipinski definition) is 2. The largest absolute Gasteiger partial charge is 0.393 e. The Kier molecular flexibility index (Phi) is 5.35. The van der Waals surface area contributed by atoms with Crippen molar-refractivity contribution in [3.8, 4) is 0 Å². The van der Waals surface area contributed by atoms with Crippen molar-refractivity contribution in [2.24, 2.45) is 0 Å². The molecule has 4 atom stereocenters. The van der Waals surface area contributed by atoms with Gasteiger partial charge in [0.2, 0.25) is 0 Å². The monoisotopic (exact) mass is 298 g/mol. The Balaban J connectivity index is 2.19. The number of rotatable bonds is 3. The molecular weight excluding hydrogens is 264 g/mol. The first-order valence-electron chi connectivity index (χ1n) is 8.63. The normalized spacial score (nSPS) is 40.1. The van der Waals surface area contributed by atoms with Crippen molar-refractivity contribution >= 4 is 0 Å². The van der Waals surface area contributed by atoms with E-state index in [1.807, 2.05) is 6.92 Å². The average molecular weight is 298 g/mol. The van der Waals surface area contributed by atoms with Gasteiger partial charge in [0.15, 0.2) is 0 Å². The van der Waals surface area contributed by atoms with Crippen LogP contribution in [0.3, 0.4) is 0 Å². The van der Waals surface area contributed by atoms with Crippen LogP contribution < -0.4 is 0 Å². The molecule has 2 fully saturated rings. The number of hydrogen-bond acceptors (Lipinski definition) is 4. The highest BCUT2D eigenvalue weighted by Crippen LogP contribution is 2.34. The van der Waals surface area contributed by atoms with Crippen LogP contribution in [0.2, 0.25) is 0 Å². The van der Waals surface area contributed by atoms with Gasteiger partial charge in [0.1, 0.15) is 0 Å². The second kappa shape index (κ2) is 6.53. The highest BCUT2D eigenvalue weighted by atomic mass is 16.3. The lowest BCUT2D eigenvalue weighted by atomic mass is 9.82. The fourth-order valence-corrected chi connectivity index (χ4v) is 4.21. The highest BCUT2D eigenvalue weighted by molar-refractivity contribution is 4.99. The van der Waals surface area contributed by atoms with Crippen LogP contribution in [-0.4, -0.2) is 69.0 Å². The quantitative estimate of drug-likeness (QED) is 0.835. The Labute approximate surface area is 130 Å². The van der Waals surface area contributed by atoms with E-state index >= 15 is 0 Å². The lowest BCUT2D eigenvalue weighted by Gasteiger charge is -2.53. The second-order valence-corrected chi connectivity index (χ2v) is 7.95. The molecule has 4 heteroatoms. The summed E-state index contributed by atoms with van der Waals surface area (Å²) in [5.74, 6) is 0. The lowest BCUT2D eigenvalue weighted by molar-refractivity contribution is -0.0898. The second-order valence-electron chi connectivity index (χ2n) is 7.95. The van der Waals surface area contributed by atoms with E-state index < -0.39 is 5.60 Å². The highest BCUT2D eigenvalue weighted by Gasteiger charge is 2.43. The Morgan fingerprint density at radius 3 is 2.19 bits per heavy atom. The smallest absolute Gasteiger partial charge is 0.0746 e. The molecule has 2 heterocycles. The van der Waals surface area contributed by atoms with Crippen molar-refractivity contribution in [2.45, 2.75) is 96.2 Å². The van der Waals surface area contributed by atoms with Crippen LogP contribution in [-0.2, 0) is 0 Å². The van der Waals surface area contributed by atoms with Gasteiger partial charge in [0.25, 0.3) is 0 Å². The van der Waals surface area contributed by atoms with E-state index in [4.69, 9.17) is 0 Å². The minimum Gasteiger partial charge on any atom is -0.393 e. The van der Waals surface area contributed by atoms with Gasteiger partial charge in [-0.15, -0.1) is 0 Å². The maximum absolute atomic E-state index is 10.4. The SMILES string of the molecule is CC(C)N1CCC(O)CC1C1CCC(C)(O)CN1C(C)C. The van der Waals surface area contributed by atoms with E-state index in [1.165, 1.54) is 0 Å². The zero-order valence-electron chi connectivity index (χ0n) is 14.4. The van der Waals surface area contributed by atoms with Gasteiger partial charge in [0.05, 0.1) is 11.7 Å². The zero-order valence-corrected chi connectivity index (χ0v) is 14.4. The first-order chi connectivity index (χ1) is 9.71. The lowest BCUT2D eigenvalue weighted by Crippen LogP contribution is -2.63. The van der Waals surface area contributed by atoms with Gasteiger partial charge in [0, 0.05) is 37.3 Å². The molecule has 0 aromatic rings. The van der Waals surface area contributed by atoms with Crippen molar-refractivity contribution < 1.29 is 10.2 Å². The number of aliphatic hydroxyl groups is 2. The Bertz CT molecular complexity index is 344. The summed E-state index contributed by atoms with van der Waals surface area (Å²) < 4.78 is 0. The zero-order chi connectivity index (χ0) is 15.8. The maximum Gasteiger partial charge on any atom is 0.0746 e. The van der Waals surface area contributed by atoms with Gasteiger partial charge in [-0.1, -0.05) is 0 Å². The van der Waals surface area contributed by atoms with Crippen molar-refractivity contribution in [3.63, 3.8) is 0 Å². The van der Waals surface area contributed by atoms with Crippen LogP contribution in [0.1, 0.15) is 60.3 Å². The maximum atomic E-state index is 10.4. The molecule has 0 radical (unpaired) electrons. The van der Waals surface area contributed by atoms with Gasteiger partial charge in [-0.2, -0.15) is 0 Å². The topological polar surface area (TPSA) is 46.9 Å². The Morgan fingerprint density at radius 1 is 1.00 bits per heavy atom. The summed E-state index contributed by atoms with van der Waals surface area (Å²) in [4.78, 5) is 5.02. The first-order valence-corrected chi connectivity index (χ1v) is 8.63. The molecule has 4 nitrogen and oxygen atoms in total. The molecule has 21 heavy (non-hydrogen) atoms. The fourth-order valence-electron chi connectivity index (χ4n) is 4.21. The van der Waals surface area contributed by atoms with Crippen LogP contribution >= 0.6 is 0 Å². The molecule has 2 rings (SSSR count). The van der Waals surface area contributed by atoms with Gasteiger partial charge in [-0.3, -0.25) is 9.80 Å². The van der Waals surface area contributed by atoms with Crippen LogP contribution in [0.5, 0.6) is 0 Å². The van der Waals surface area contributed by atoms with Gasteiger partial charge >= 0.3 is 0 Å². The predicted molar refractivity (Wildman–Crippen MR) is 86.4 cm³/mol. The number of nitrogens with zero attached hydrogens (tertiary/aromatic N) is 2. The number of β-amino-alcohol motifs (C(OH)–C–C–N with tert-alkyl or cyclic N) is 1. The molecular formula is C17H34N2O2. The summed E-state index contributed by atoms with van der Waals surface area (Å²) in [6.07, 6.45) is 3.47. The number of aliphatic hydroxyl groups excluding tert-OH is 1. The van der Waals surface area contributed by atoms with Gasteiger partial charge in [-0.05, 0) is 60.3 Å². The van der Waals surface area contributed by atoms with Crippen molar-refractivity contribution in [3.05, 3.63) is 0 Å². The molecule has 2 aliphatic heterocycles. The van der Waals surface area contributed by atoms with E-state index in [2.05, 4.69) is 37.5 Å². The molecule has 2 saturated heterocycles. The van der Waals surface area contributed by atoms with Gasteiger partial charge < -0.3 is 10.2 Å².